The zero-order valence-corrected chi connectivity index (χ0v) is 14.6. The van der Waals surface area contributed by atoms with Gasteiger partial charge in [0.25, 0.3) is 0 Å². The summed E-state index contributed by atoms with van der Waals surface area (Å²) in [4.78, 5) is 0. The lowest BCUT2D eigenvalue weighted by molar-refractivity contribution is -0.252. The fraction of sp³-hybridized carbons (Fsp3) is 1.00. The molecule has 3 aliphatic rings. The molecule has 3 fully saturated rings. The Morgan fingerprint density at radius 3 is 2.45 bits per heavy atom. The fourth-order valence-electron chi connectivity index (χ4n) is 6.00. The van der Waals surface area contributed by atoms with Crippen molar-refractivity contribution >= 4 is 0 Å². The van der Waals surface area contributed by atoms with Crippen molar-refractivity contribution in [1.82, 2.24) is 0 Å². The van der Waals surface area contributed by atoms with Crippen LogP contribution < -0.4 is 0 Å². The van der Waals surface area contributed by atoms with E-state index < -0.39 is 5.60 Å². The Balaban J connectivity index is 1.90. The van der Waals surface area contributed by atoms with Crippen LogP contribution in [0.25, 0.3) is 0 Å². The minimum atomic E-state index is -0.673. The van der Waals surface area contributed by atoms with Crippen LogP contribution in [-0.2, 0) is 9.47 Å². The predicted octanol–water partition coefficient (Wildman–Crippen LogP) is 4.13. The van der Waals surface area contributed by atoms with E-state index in [2.05, 4.69) is 0 Å². The van der Waals surface area contributed by atoms with Gasteiger partial charge in [-0.25, -0.2) is 0 Å². The van der Waals surface area contributed by atoms with Crippen LogP contribution in [0, 0.1) is 23.7 Å². The summed E-state index contributed by atoms with van der Waals surface area (Å²) in [7, 11) is 1.71. The van der Waals surface area contributed by atoms with Gasteiger partial charge in [0.05, 0.1) is 11.2 Å². The van der Waals surface area contributed by atoms with Gasteiger partial charge in [0.15, 0.2) is 0 Å². The average Bonchev–Trinajstić information content (AvgIpc) is 2.49. The van der Waals surface area contributed by atoms with Crippen LogP contribution in [0.4, 0.5) is 0 Å². The molecular formula is C19H34O3. The summed E-state index contributed by atoms with van der Waals surface area (Å²) in [6.07, 6.45) is 11.6. The van der Waals surface area contributed by atoms with E-state index in [4.69, 9.17) is 9.47 Å². The van der Waals surface area contributed by atoms with E-state index in [1.165, 1.54) is 44.9 Å². The molecule has 3 aliphatic carbocycles. The van der Waals surface area contributed by atoms with Crippen molar-refractivity contribution in [1.29, 1.82) is 0 Å². The van der Waals surface area contributed by atoms with Crippen molar-refractivity contribution in [2.45, 2.75) is 82.8 Å². The Morgan fingerprint density at radius 2 is 1.77 bits per heavy atom. The van der Waals surface area contributed by atoms with Gasteiger partial charge in [-0.15, -0.1) is 0 Å². The van der Waals surface area contributed by atoms with Crippen LogP contribution in [0.1, 0.15) is 71.6 Å². The molecule has 0 saturated heterocycles. The van der Waals surface area contributed by atoms with Crippen molar-refractivity contribution in [3.05, 3.63) is 0 Å². The molecule has 0 aromatic rings. The highest BCUT2D eigenvalue weighted by Crippen LogP contribution is 2.57. The molecule has 128 valence electrons. The second-order valence-electron chi connectivity index (χ2n) is 8.58. The third-order valence-electron chi connectivity index (χ3n) is 6.86. The van der Waals surface area contributed by atoms with Crippen molar-refractivity contribution < 1.29 is 14.6 Å². The van der Waals surface area contributed by atoms with Gasteiger partial charge in [0.1, 0.15) is 6.79 Å². The van der Waals surface area contributed by atoms with E-state index in [1.807, 2.05) is 13.8 Å². The number of methoxy groups -OCH3 is 1. The maximum absolute atomic E-state index is 10.8. The van der Waals surface area contributed by atoms with E-state index in [9.17, 15) is 5.11 Å². The second-order valence-corrected chi connectivity index (χ2v) is 8.58. The van der Waals surface area contributed by atoms with Crippen LogP contribution in [0.2, 0.25) is 0 Å². The highest BCUT2D eigenvalue weighted by molar-refractivity contribution is 5.07. The van der Waals surface area contributed by atoms with Crippen molar-refractivity contribution in [3.63, 3.8) is 0 Å². The minimum Gasteiger partial charge on any atom is -0.390 e. The summed E-state index contributed by atoms with van der Waals surface area (Å²) in [6.45, 7) is 4.32. The van der Waals surface area contributed by atoms with Gasteiger partial charge in [-0.2, -0.15) is 0 Å². The molecule has 5 unspecified atom stereocenters. The molecule has 0 aromatic carbocycles. The Morgan fingerprint density at radius 1 is 1.05 bits per heavy atom. The highest BCUT2D eigenvalue weighted by Gasteiger charge is 2.57. The molecule has 22 heavy (non-hydrogen) atoms. The standard InChI is InChI=1S/C19H34O3/c1-18(2,20)17-10-6-9-16-11-14-7-4-5-8-15(14)12-19(16,17)22-13-21-3/h14-17,20H,4-13H2,1-3H3. The van der Waals surface area contributed by atoms with Crippen molar-refractivity contribution in [2.24, 2.45) is 23.7 Å². The summed E-state index contributed by atoms with van der Waals surface area (Å²) in [6, 6.07) is 0. The molecule has 3 saturated carbocycles. The van der Waals surface area contributed by atoms with Crippen LogP contribution in [-0.4, -0.2) is 30.2 Å². The molecule has 0 heterocycles. The zero-order chi connectivity index (χ0) is 15.8. The second kappa shape index (κ2) is 6.41. The first-order valence-corrected chi connectivity index (χ1v) is 9.32. The third-order valence-corrected chi connectivity index (χ3v) is 6.86. The molecule has 3 heteroatoms. The molecule has 3 rings (SSSR count). The van der Waals surface area contributed by atoms with Gasteiger partial charge in [0, 0.05) is 13.0 Å². The smallest absolute Gasteiger partial charge is 0.147 e. The first-order chi connectivity index (χ1) is 10.5. The maximum atomic E-state index is 10.8. The van der Waals surface area contributed by atoms with Gasteiger partial charge < -0.3 is 14.6 Å². The molecule has 0 aromatic heterocycles. The van der Waals surface area contributed by atoms with Gasteiger partial charge in [-0.05, 0) is 57.3 Å². The number of hydrogen-bond donors (Lipinski definition) is 1. The molecule has 3 nitrogen and oxygen atoms in total. The van der Waals surface area contributed by atoms with Crippen LogP contribution in [0.5, 0.6) is 0 Å². The van der Waals surface area contributed by atoms with E-state index in [1.54, 1.807) is 7.11 Å². The maximum Gasteiger partial charge on any atom is 0.147 e. The molecule has 1 N–H and O–H groups in total. The normalized spacial score (nSPS) is 42.5. The number of aliphatic hydroxyl groups is 1. The average molecular weight is 310 g/mol. The Bertz CT molecular complexity index is 375. The SMILES string of the molecule is COCOC12CC3CCCCC3CC1CCCC2C(C)(C)O. The summed E-state index contributed by atoms with van der Waals surface area (Å²) in [5, 5.41) is 10.8. The molecule has 0 radical (unpaired) electrons. The number of fused-ring (bicyclic) bond motifs is 2. The quantitative estimate of drug-likeness (QED) is 0.793. The van der Waals surface area contributed by atoms with Crippen LogP contribution in [0.3, 0.4) is 0 Å². The van der Waals surface area contributed by atoms with Gasteiger partial charge in [0.2, 0.25) is 0 Å². The molecule has 0 amide bonds. The Kier molecular flexibility index (Phi) is 4.87. The topological polar surface area (TPSA) is 38.7 Å². The van der Waals surface area contributed by atoms with Crippen LogP contribution >= 0.6 is 0 Å². The lowest BCUT2D eigenvalue weighted by atomic mass is 9.52. The van der Waals surface area contributed by atoms with Gasteiger partial charge in [-0.1, -0.05) is 32.1 Å². The van der Waals surface area contributed by atoms with E-state index >= 15 is 0 Å². The minimum absolute atomic E-state index is 0.162. The molecule has 0 bridgehead atoms. The van der Waals surface area contributed by atoms with E-state index in [0.717, 1.165) is 24.7 Å². The summed E-state index contributed by atoms with van der Waals surface area (Å²) in [5.41, 5.74) is -0.834. The first-order valence-electron chi connectivity index (χ1n) is 9.32. The summed E-state index contributed by atoms with van der Waals surface area (Å²) < 4.78 is 11.7. The number of rotatable bonds is 4. The molecule has 0 spiro atoms. The highest BCUT2D eigenvalue weighted by atomic mass is 16.7. The number of hydrogen-bond acceptors (Lipinski definition) is 3. The van der Waals surface area contributed by atoms with E-state index in [0.29, 0.717) is 12.7 Å². The van der Waals surface area contributed by atoms with Gasteiger partial charge >= 0.3 is 0 Å². The Hall–Kier alpha value is -0.120. The van der Waals surface area contributed by atoms with Crippen LogP contribution in [0.15, 0.2) is 0 Å². The molecular weight excluding hydrogens is 276 g/mol. The van der Waals surface area contributed by atoms with Crippen molar-refractivity contribution in [2.75, 3.05) is 13.9 Å². The number of ether oxygens (including phenoxy) is 2. The first kappa shape index (κ1) is 16.7. The summed E-state index contributed by atoms with van der Waals surface area (Å²) in [5.74, 6) is 2.53. The lowest BCUT2D eigenvalue weighted by Crippen LogP contribution is -2.61. The third kappa shape index (κ3) is 2.97. The van der Waals surface area contributed by atoms with E-state index in [-0.39, 0.29) is 11.5 Å². The van der Waals surface area contributed by atoms with Gasteiger partial charge in [-0.3, -0.25) is 0 Å². The predicted molar refractivity (Wildman–Crippen MR) is 87.5 cm³/mol. The monoisotopic (exact) mass is 310 g/mol. The fourth-order valence-corrected chi connectivity index (χ4v) is 6.00. The zero-order valence-electron chi connectivity index (χ0n) is 14.6. The van der Waals surface area contributed by atoms with Crippen molar-refractivity contribution in [3.8, 4) is 0 Å². The molecule has 5 atom stereocenters. The largest absolute Gasteiger partial charge is 0.390 e. The Labute approximate surface area is 135 Å². The lowest BCUT2D eigenvalue weighted by Gasteiger charge is -2.59. The molecule has 0 aliphatic heterocycles. The summed E-state index contributed by atoms with van der Waals surface area (Å²) >= 11 is 0.